The van der Waals surface area contributed by atoms with E-state index in [1.807, 2.05) is 25.9 Å². The molecule has 0 bridgehead atoms. The molecular formula is C6H14N2S. The van der Waals surface area contributed by atoms with E-state index in [-0.39, 0.29) is 0 Å². The van der Waals surface area contributed by atoms with Crippen LogP contribution in [-0.2, 0) is 0 Å². The Morgan fingerprint density at radius 1 is 1.11 bits per heavy atom. The Hall–Kier alpha value is 0.270. The van der Waals surface area contributed by atoms with Gasteiger partial charge in [-0.15, -0.1) is 0 Å². The molecule has 0 aliphatic carbocycles. The van der Waals surface area contributed by atoms with Crippen molar-refractivity contribution >= 4 is 11.8 Å². The predicted octanol–water partition coefficient (Wildman–Crippen LogP) is -0.0908. The van der Waals surface area contributed by atoms with Gasteiger partial charge in [-0.05, 0) is 14.1 Å². The second kappa shape index (κ2) is 3.44. The molecule has 54 valence electrons. The number of hydrogen-bond acceptors (Lipinski definition) is 3. The van der Waals surface area contributed by atoms with E-state index in [4.69, 9.17) is 0 Å². The quantitative estimate of drug-likeness (QED) is 0.569. The summed E-state index contributed by atoms with van der Waals surface area (Å²) >= 11 is 2.01. The Morgan fingerprint density at radius 2 is 1.56 bits per heavy atom. The lowest BCUT2D eigenvalue weighted by Crippen LogP contribution is -2.43. The molecule has 2 atom stereocenters. The van der Waals surface area contributed by atoms with Crippen LogP contribution in [0, 0.1) is 0 Å². The van der Waals surface area contributed by atoms with E-state index in [0.29, 0.717) is 12.1 Å². The molecule has 9 heavy (non-hydrogen) atoms. The summed E-state index contributed by atoms with van der Waals surface area (Å²) in [5, 5.41) is 6.56. The van der Waals surface area contributed by atoms with Gasteiger partial charge in [0.25, 0.3) is 0 Å². The van der Waals surface area contributed by atoms with Crippen LogP contribution in [0.5, 0.6) is 0 Å². The maximum absolute atomic E-state index is 3.28. The lowest BCUT2D eigenvalue weighted by Gasteiger charge is -2.16. The summed E-state index contributed by atoms with van der Waals surface area (Å²) < 4.78 is 0. The molecular weight excluding hydrogens is 132 g/mol. The highest BCUT2D eigenvalue weighted by Gasteiger charge is 2.23. The summed E-state index contributed by atoms with van der Waals surface area (Å²) in [6.07, 6.45) is 0. The number of likely N-dealkylation sites (N-methyl/N-ethyl adjacent to an activating group) is 2. The molecule has 2 N–H and O–H groups in total. The van der Waals surface area contributed by atoms with Crippen molar-refractivity contribution in [2.24, 2.45) is 0 Å². The Bertz CT molecular complexity index is 77.1. The Kier molecular flexibility index (Phi) is 2.82. The zero-order valence-corrected chi connectivity index (χ0v) is 6.79. The Balaban J connectivity index is 2.32. The minimum absolute atomic E-state index is 0.681. The van der Waals surface area contributed by atoms with Crippen molar-refractivity contribution in [2.45, 2.75) is 12.1 Å². The molecule has 0 amide bonds. The van der Waals surface area contributed by atoms with Gasteiger partial charge in [0.2, 0.25) is 0 Å². The van der Waals surface area contributed by atoms with Crippen molar-refractivity contribution < 1.29 is 0 Å². The van der Waals surface area contributed by atoms with Gasteiger partial charge in [-0.1, -0.05) is 0 Å². The number of hydrogen-bond donors (Lipinski definition) is 2. The minimum Gasteiger partial charge on any atom is -0.315 e. The van der Waals surface area contributed by atoms with Crippen LogP contribution >= 0.6 is 11.8 Å². The van der Waals surface area contributed by atoms with Gasteiger partial charge in [-0.3, -0.25) is 0 Å². The third-order valence-corrected chi connectivity index (χ3v) is 3.01. The maximum atomic E-state index is 3.28. The van der Waals surface area contributed by atoms with Crippen LogP contribution in [-0.4, -0.2) is 37.7 Å². The van der Waals surface area contributed by atoms with Crippen molar-refractivity contribution in [3.05, 3.63) is 0 Å². The summed E-state index contributed by atoms with van der Waals surface area (Å²) in [4.78, 5) is 0. The Labute approximate surface area is 60.8 Å². The first-order chi connectivity index (χ1) is 4.38. The molecule has 0 radical (unpaired) electrons. The van der Waals surface area contributed by atoms with E-state index >= 15 is 0 Å². The molecule has 0 spiro atoms. The topological polar surface area (TPSA) is 24.1 Å². The second-order valence-corrected chi connectivity index (χ2v) is 3.40. The van der Waals surface area contributed by atoms with Crippen LogP contribution in [0.25, 0.3) is 0 Å². The minimum atomic E-state index is 0.681. The fourth-order valence-electron chi connectivity index (χ4n) is 1.12. The molecule has 0 aromatic heterocycles. The normalized spacial score (nSPS) is 35.3. The number of nitrogens with one attached hydrogen (secondary N) is 2. The van der Waals surface area contributed by atoms with E-state index in [9.17, 15) is 0 Å². The zero-order chi connectivity index (χ0) is 6.69. The van der Waals surface area contributed by atoms with Crippen LogP contribution in [0.15, 0.2) is 0 Å². The van der Waals surface area contributed by atoms with Crippen molar-refractivity contribution in [2.75, 3.05) is 25.6 Å². The number of thioether (sulfide) groups is 1. The highest BCUT2D eigenvalue weighted by molar-refractivity contribution is 7.99. The van der Waals surface area contributed by atoms with Crippen molar-refractivity contribution in [1.29, 1.82) is 0 Å². The van der Waals surface area contributed by atoms with Gasteiger partial charge < -0.3 is 10.6 Å². The van der Waals surface area contributed by atoms with Gasteiger partial charge in [0.1, 0.15) is 0 Å². The molecule has 1 fully saturated rings. The van der Waals surface area contributed by atoms with Gasteiger partial charge in [-0.25, -0.2) is 0 Å². The van der Waals surface area contributed by atoms with E-state index in [0.717, 1.165) is 0 Å². The second-order valence-electron chi connectivity index (χ2n) is 2.33. The van der Waals surface area contributed by atoms with E-state index < -0.39 is 0 Å². The maximum Gasteiger partial charge on any atom is 0.0317 e. The molecule has 0 aromatic carbocycles. The third-order valence-electron chi connectivity index (χ3n) is 1.82. The van der Waals surface area contributed by atoms with Gasteiger partial charge >= 0.3 is 0 Å². The monoisotopic (exact) mass is 146 g/mol. The highest BCUT2D eigenvalue weighted by atomic mass is 32.2. The summed E-state index contributed by atoms with van der Waals surface area (Å²) in [5.74, 6) is 2.50. The number of rotatable bonds is 2. The molecule has 3 heteroatoms. The van der Waals surface area contributed by atoms with Crippen molar-refractivity contribution in [3.63, 3.8) is 0 Å². The van der Waals surface area contributed by atoms with Crippen LogP contribution in [0.2, 0.25) is 0 Å². The predicted molar refractivity (Wildman–Crippen MR) is 43.0 cm³/mol. The molecule has 1 aliphatic heterocycles. The van der Waals surface area contributed by atoms with Crippen LogP contribution < -0.4 is 10.6 Å². The lowest BCUT2D eigenvalue weighted by atomic mass is 10.2. The average Bonchev–Trinajstić information content (AvgIpc) is 2.33. The van der Waals surface area contributed by atoms with Crippen molar-refractivity contribution in [3.8, 4) is 0 Å². The fraction of sp³-hybridized carbons (Fsp3) is 1.00. The van der Waals surface area contributed by atoms with E-state index in [2.05, 4.69) is 10.6 Å². The summed E-state index contributed by atoms with van der Waals surface area (Å²) in [6, 6.07) is 1.36. The van der Waals surface area contributed by atoms with Gasteiger partial charge in [0, 0.05) is 23.6 Å². The SMILES string of the molecule is CNC1CSCC1NC. The summed E-state index contributed by atoms with van der Waals surface area (Å²) in [7, 11) is 4.06. The molecule has 2 unspecified atom stereocenters. The summed E-state index contributed by atoms with van der Waals surface area (Å²) in [5.41, 5.74) is 0. The third kappa shape index (κ3) is 1.60. The first kappa shape index (κ1) is 7.38. The van der Waals surface area contributed by atoms with Gasteiger partial charge in [0.15, 0.2) is 0 Å². The molecule has 2 nitrogen and oxygen atoms in total. The van der Waals surface area contributed by atoms with Crippen LogP contribution in [0.4, 0.5) is 0 Å². The zero-order valence-electron chi connectivity index (χ0n) is 5.98. The molecule has 0 saturated carbocycles. The van der Waals surface area contributed by atoms with Crippen molar-refractivity contribution in [1.82, 2.24) is 10.6 Å². The van der Waals surface area contributed by atoms with E-state index in [1.54, 1.807) is 0 Å². The van der Waals surface area contributed by atoms with Gasteiger partial charge in [-0.2, -0.15) is 11.8 Å². The molecule has 0 aromatic rings. The highest BCUT2D eigenvalue weighted by Crippen LogP contribution is 2.17. The lowest BCUT2D eigenvalue weighted by molar-refractivity contribution is 0.488. The molecule has 1 saturated heterocycles. The summed E-state index contributed by atoms with van der Waals surface area (Å²) in [6.45, 7) is 0. The standard InChI is InChI=1S/C6H14N2S/c1-7-5-3-9-4-6(5)8-2/h5-8H,3-4H2,1-2H3. The fourth-order valence-corrected chi connectivity index (χ4v) is 2.57. The first-order valence-electron chi connectivity index (χ1n) is 3.30. The Morgan fingerprint density at radius 3 is 1.89 bits per heavy atom. The first-order valence-corrected chi connectivity index (χ1v) is 4.46. The molecule has 1 heterocycles. The molecule has 1 aliphatic rings. The largest absolute Gasteiger partial charge is 0.315 e. The smallest absolute Gasteiger partial charge is 0.0317 e. The van der Waals surface area contributed by atoms with E-state index in [1.165, 1.54) is 11.5 Å². The van der Waals surface area contributed by atoms with Gasteiger partial charge in [0.05, 0.1) is 0 Å². The van der Waals surface area contributed by atoms with Crippen LogP contribution in [0.3, 0.4) is 0 Å². The molecule has 1 rings (SSSR count). The van der Waals surface area contributed by atoms with Crippen LogP contribution in [0.1, 0.15) is 0 Å². The average molecular weight is 146 g/mol.